The lowest BCUT2D eigenvalue weighted by Gasteiger charge is -2.10. The largest absolute Gasteiger partial charge is 0.456 e. The van der Waals surface area contributed by atoms with E-state index in [1.54, 1.807) is 30.7 Å². The number of hydrogen-bond acceptors (Lipinski definition) is 8. The number of pyridine rings is 1. The van der Waals surface area contributed by atoms with Gasteiger partial charge in [0.15, 0.2) is 5.78 Å². The molecule has 0 amide bonds. The molecule has 0 spiro atoms. The number of ether oxygens (including phenoxy) is 1. The zero-order valence-corrected chi connectivity index (χ0v) is 19.6. The fraction of sp³-hybridized carbons (Fsp3) is 0.120. The van der Waals surface area contributed by atoms with Crippen LogP contribution in [0.15, 0.2) is 76.6 Å². The highest BCUT2D eigenvalue weighted by atomic mass is 32.2. The van der Waals surface area contributed by atoms with Crippen molar-refractivity contribution in [3.8, 4) is 0 Å². The van der Waals surface area contributed by atoms with Gasteiger partial charge in [-0.3, -0.25) is 24.1 Å². The average molecular weight is 490 g/mol. The molecule has 9 nitrogen and oxygen atoms in total. The van der Waals surface area contributed by atoms with Gasteiger partial charge in [0.25, 0.3) is 11.2 Å². The van der Waals surface area contributed by atoms with Crippen molar-refractivity contribution in [3.05, 3.63) is 115 Å². The molecule has 2 aromatic heterocycles. The van der Waals surface area contributed by atoms with Gasteiger partial charge in [-0.15, -0.1) is 11.8 Å². The predicted octanol–water partition coefficient (Wildman–Crippen LogP) is 4.22. The van der Waals surface area contributed by atoms with E-state index in [0.717, 1.165) is 5.56 Å². The van der Waals surface area contributed by atoms with Gasteiger partial charge in [-0.2, -0.15) is 0 Å². The van der Waals surface area contributed by atoms with Gasteiger partial charge in [0, 0.05) is 29.5 Å². The summed E-state index contributed by atoms with van der Waals surface area (Å²) < 4.78 is 6.75. The van der Waals surface area contributed by atoms with Crippen LogP contribution in [-0.4, -0.2) is 32.3 Å². The van der Waals surface area contributed by atoms with Crippen LogP contribution in [0.1, 0.15) is 37.5 Å². The van der Waals surface area contributed by atoms with E-state index in [-0.39, 0.29) is 40.2 Å². The van der Waals surface area contributed by atoms with E-state index in [9.17, 15) is 24.5 Å². The SMILES string of the molecule is CSc1ccc(C(=O)c2ccccc2C(=O)OCc2cc(=O)n3cc(C)ccc3n2)cc1[N+](=O)[O-]. The summed E-state index contributed by atoms with van der Waals surface area (Å²) in [6.07, 6.45) is 3.37. The molecule has 0 saturated carbocycles. The van der Waals surface area contributed by atoms with Crippen molar-refractivity contribution in [3.63, 3.8) is 0 Å². The lowest BCUT2D eigenvalue weighted by molar-refractivity contribution is -0.387. The summed E-state index contributed by atoms with van der Waals surface area (Å²) in [7, 11) is 0. The van der Waals surface area contributed by atoms with E-state index in [0.29, 0.717) is 10.5 Å². The first-order valence-electron chi connectivity index (χ1n) is 10.4. The van der Waals surface area contributed by atoms with Crippen LogP contribution in [0.25, 0.3) is 5.65 Å². The molecule has 0 bridgehead atoms. The number of nitro groups is 1. The van der Waals surface area contributed by atoms with Gasteiger partial charge in [0.05, 0.1) is 21.1 Å². The number of nitrogens with zero attached hydrogens (tertiary/aromatic N) is 3. The van der Waals surface area contributed by atoms with Crippen LogP contribution < -0.4 is 5.56 Å². The molecule has 176 valence electrons. The standard InChI is InChI=1S/C25H19N3O6S/c1-15-7-10-22-26-17(12-23(29)27(22)13-15)14-34-25(31)19-6-4-3-5-18(19)24(30)16-8-9-21(35-2)20(11-16)28(32)33/h3-13H,14H2,1-2H3. The third-order valence-corrected chi connectivity index (χ3v) is 6.03. The number of hydrogen-bond donors (Lipinski definition) is 0. The number of aryl methyl sites for hydroxylation is 1. The minimum atomic E-state index is -0.782. The number of rotatable bonds is 7. The Hall–Kier alpha value is -4.31. The summed E-state index contributed by atoms with van der Waals surface area (Å²) in [6.45, 7) is 1.59. The summed E-state index contributed by atoms with van der Waals surface area (Å²) in [5.74, 6) is -1.33. The number of carbonyl (C=O) groups is 2. The lowest BCUT2D eigenvalue weighted by Crippen LogP contribution is -2.17. The van der Waals surface area contributed by atoms with Crippen molar-refractivity contribution >= 4 is 34.8 Å². The number of ketones is 1. The first kappa shape index (κ1) is 23.8. The Kier molecular flexibility index (Phi) is 6.74. The first-order chi connectivity index (χ1) is 16.8. The van der Waals surface area contributed by atoms with Crippen molar-refractivity contribution in [1.82, 2.24) is 9.38 Å². The first-order valence-corrected chi connectivity index (χ1v) is 11.6. The molecular weight excluding hydrogens is 470 g/mol. The van der Waals surface area contributed by atoms with Gasteiger partial charge in [-0.1, -0.05) is 24.3 Å². The Bertz CT molecular complexity index is 1550. The molecule has 0 radical (unpaired) electrons. The maximum Gasteiger partial charge on any atom is 0.339 e. The Morgan fingerprint density at radius 1 is 1.09 bits per heavy atom. The summed E-state index contributed by atoms with van der Waals surface area (Å²) in [4.78, 5) is 54.0. The Morgan fingerprint density at radius 2 is 1.83 bits per heavy atom. The van der Waals surface area contributed by atoms with Crippen molar-refractivity contribution in [2.45, 2.75) is 18.4 Å². The Morgan fingerprint density at radius 3 is 2.54 bits per heavy atom. The second-order valence-electron chi connectivity index (χ2n) is 7.61. The van der Waals surface area contributed by atoms with E-state index < -0.39 is 16.7 Å². The van der Waals surface area contributed by atoms with Crippen LogP contribution in [0.2, 0.25) is 0 Å². The quantitative estimate of drug-likeness (QED) is 0.124. The summed E-state index contributed by atoms with van der Waals surface area (Å²) in [5, 5.41) is 11.4. The fourth-order valence-electron chi connectivity index (χ4n) is 3.54. The number of carbonyl (C=O) groups excluding carboxylic acids is 2. The molecule has 0 aliphatic heterocycles. The van der Waals surface area contributed by atoms with Gasteiger partial charge in [-0.05, 0) is 43.0 Å². The molecule has 4 aromatic rings. The Balaban J connectivity index is 1.59. The summed E-state index contributed by atoms with van der Waals surface area (Å²) in [5.41, 5.74) is 1.21. The molecule has 0 atom stereocenters. The molecule has 2 heterocycles. The van der Waals surface area contributed by atoms with E-state index in [1.165, 1.54) is 52.6 Å². The minimum absolute atomic E-state index is 0.00207. The van der Waals surface area contributed by atoms with Crippen LogP contribution in [-0.2, 0) is 11.3 Å². The number of benzene rings is 2. The van der Waals surface area contributed by atoms with E-state index in [2.05, 4.69) is 4.98 Å². The lowest BCUT2D eigenvalue weighted by atomic mass is 9.98. The van der Waals surface area contributed by atoms with E-state index in [4.69, 9.17) is 4.74 Å². The predicted molar refractivity (Wildman–Crippen MR) is 130 cm³/mol. The number of esters is 1. The highest BCUT2D eigenvalue weighted by Crippen LogP contribution is 2.29. The van der Waals surface area contributed by atoms with Gasteiger partial charge in [-0.25, -0.2) is 9.78 Å². The van der Waals surface area contributed by atoms with Crippen LogP contribution in [0.3, 0.4) is 0 Å². The molecular formula is C25H19N3O6S. The normalized spacial score (nSPS) is 10.8. The molecule has 35 heavy (non-hydrogen) atoms. The van der Waals surface area contributed by atoms with Gasteiger partial charge in [0.1, 0.15) is 12.3 Å². The van der Waals surface area contributed by atoms with Crippen LogP contribution in [0.5, 0.6) is 0 Å². The molecule has 10 heteroatoms. The van der Waals surface area contributed by atoms with E-state index in [1.807, 2.05) is 13.0 Å². The zero-order chi connectivity index (χ0) is 25.1. The molecule has 0 saturated heterocycles. The number of nitro benzene ring substituents is 1. The monoisotopic (exact) mass is 489 g/mol. The third-order valence-electron chi connectivity index (χ3n) is 5.24. The zero-order valence-electron chi connectivity index (χ0n) is 18.8. The number of thioether (sulfide) groups is 1. The molecule has 2 aromatic carbocycles. The van der Waals surface area contributed by atoms with Crippen molar-refractivity contribution in [2.75, 3.05) is 6.26 Å². The molecule has 0 fully saturated rings. The Labute approximate surface area is 203 Å². The smallest absolute Gasteiger partial charge is 0.339 e. The van der Waals surface area contributed by atoms with Gasteiger partial charge >= 0.3 is 5.97 Å². The molecule has 0 unspecified atom stereocenters. The average Bonchev–Trinajstić information content (AvgIpc) is 2.86. The van der Waals surface area contributed by atoms with Crippen molar-refractivity contribution < 1.29 is 19.2 Å². The highest BCUT2D eigenvalue weighted by molar-refractivity contribution is 7.98. The fourth-order valence-corrected chi connectivity index (χ4v) is 4.08. The second kappa shape index (κ2) is 9.90. The molecule has 0 aliphatic rings. The molecule has 0 N–H and O–H groups in total. The van der Waals surface area contributed by atoms with Crippen molar-refractivity contribution in [1.29, 1.82) is 0 Å². The second-order valence-corrected chi connectivity index (χ2v) is 8.46. The summed E-state index contributed by atoms with van der Waals surface area (Å²) in [6, 6.07) is 15.0. The summed E-state index contributed by atoms with van der Waals surface area (Å²) >= 11 is 1.20. The highest BCUT2D eigenvalue weighted by Gasteiger charge is 2.22. The minimum Gasteiger partial charge on any atom is -0.456 e. The number of aromatic nitrogens is 2. The number of fused-ring (bicyclic) bond motifs is 1. The van der Waals surface area contributed by atoms with Crippen LogP contribution >= 0.6 is 11.8 Å². The van der Waals surface area contributed by atoms with E-state index >= 15 is 0 Å². The third kappa shape index (κ3) is 4.97. The van der Waals surface area contributed by atoms with Crippen LogP contribution in [0, 0.1) is 17.0 Å². The maximum atomic E-state index is 13.1. The molecule has 4 rings (SSSR count). The van der Waals surface area contributed by atoms with Crippen LogP contribution in [0.4, 0.5) is 5.69 Å². The molecule has 0 aliphatic carbocycles. The van der Waals surface area contributed by atoms with Gasteiger partial charge < -0.3 is 4.74 Å². The van der Waals surface area contributed by atoms with Crippen molar-refractivity contribution in [2.24, 2.45) is 0 Å². The topological polar surface area (TPSA) is 121 Å². The maximum absolute atomic E-state index is 13.1. The van der Waals surface area contributed by atoms with Gasteiger partial charge in [0.2, 0.25) is 0 Å².